The maximum Gasteiger partial charge on any atom is 0.222 e. The highest BCUT2D eigenvalue weighted by Crippen LogP contribution is 2.52. The second-order valence-corrected chi connectivity index (χ2v) is 9.36. The van der Waals surface area contributed by atoms with Gasteiger partial charge in [-0.25, -0.2) is 0 Å². The molecule has 24 heavy (non-hydrogen) atoms. The van der Waals surface area contributed by atoms with E-state index in [2.05, 4.69) is 53.8 Å². The highest BCUT2D eigenvalue weighted by atomic mass is 16.5. The van der Waals surface area contributed by atoms with Gasteiger partial charge in [0.1, 0.15) is 0 Å². The first kappa shape index (κ1) is 21.5. The molecule has 0 aromatic heterocycles. The van der Waals surface area contributed by atoms with E-state index in [1.54, 1.807) is 0 Å². The van der Waals surface area contributed by atoms with Crippen LogP contribution in [0.2, 0.25) is 0 Å². The molecule has 1 unspecified atom stereocenters. The van der Waals surface area contributed by atoms with Crippen LogP contribution in [0, 0.1) is 10.8 Å². The first-order valence-corrected chi connectivity index (χ1v) is 9.98. The molecule has 1 fully saturated rings. The Labute approximate surface area is 150 Å². The van der Waals surface area contributed by atoms with Crippen molar-refractivity contribution in [3.8, 4) is 0 Å². The Bertz CT molecular complexity index is 397. The van der Waals surface area contributed by atoms with Crippen LogP contribution in [0.1, 0.15) is 99.8 Å². The molecular weight excluding hydrogens is 298 g/mol. The zero-order chi connectivity index (χ0) is 18.4. The third-order valence-corrected chi connectivity index (χ3v) is 6.42. The Kier molecular flexibility index (Phi) is 7.77. The monoisotopic (exact) mass is 339 g/mol. The molecule has 1 amide bonds. The van der Waals surface area contributed by atoms with Crippen LogP contribution in [0.4, 0.5) is 0 Å². The first-order valence-electron chi connectivity index (χ1n) is 9.98. The van der Waals surface area contributed by atoms with Crippen molar-refractivity contribution >= 4 is 5.91 Å². The van der Waals surface area contributed by atoms with Gasteiger partial charge in [0.05, 0.1) is 18.1 Å². The van der Waals surface area contributed by atoms with Crippen molar-refractivity contribution in [3.63, 3.8) is 0 Å². The van der Waals surface area contributed by atoms with E-state index in [9.17, 15) is 4.79 Å². The van der Waals surface area contributed by atoms with E-state index < -0.39 is 0 Å². The number of carbonyl (C=O) groups excluding carboxylic acids is 1. The Hall–Kier alpha value is -0.570. The fourth-order valence-corrected chi connectivity index (χ4v) is 4.05. The summed E-state index contributed by atoms with van der Waals surface area (Å²) in [5.41, 5.74) is -0.0437. The SMILES string of the molecule is CCCCCCCCC(C)(C(C)(C)C)C(C)(C)O[C@H]1CNC(=O)C1. The molecule has 3 heteroatoms. The van der Waals surface area contributed by atoms with E-state index in [-0.39, 0.29) is 28.4 Å². The number of nitrogens with one attached hydrogen (secondary N) is 1. The number of unbranched alkanes of at least 4 members (excludes halogenated alkanes) is 5. The lowest BCUT2D eigenvalue weighted by molar-refractivity contribution is -0.176. The summed E-state index contributed by atoms with van der Waals surface area (Å²) in [6.07, 6.45) is 9.61. The van der Waals surface area contributed by atoms with Gasteiger partial charge in [0, 0.05) is 12.0 Å². The molecule has 1 N–H and O–H groups in total. The molecule has 0 aromatic carbocycles. The van der Waals surface area contributed by atoms with Gasteiger partial charge in [0.25, 0.3) is 0 Å². The van der Waals surface area contributed by atoms with Crippen LogP contribution in [0.15, 0.2) is 0 Å². The lowest BCUT2D eigenvalue weighted by atomic mass is 9.57. The summed E-state index contributed by atoms with van der Waals surface area (Å²) < 4.78 is 6.47. The van der Waals surface area contributed by atoms with Crippen LogP contribution in [-0.2, 0) is 9.53 Å². The van der Waals surface area contributed by atoms with E-state index in [1.807, 2.05) is 0 Å². The molecule has 0 aromatic rings. The van der Waals surface area contributed by atoms with Crippen LogP contribution in [0.3, 0.4) is 0 Å². The molecule has 142 valence electrons. The minimum atomic E-state index is -0.258. The molecule has 0 spiro atoms. The average Bonchev–Trinajstić information content (AvgIpc) is 2.85. The molecule has 1 heterocycles. The summed E-state index contributed by atoms with van der Waals surface area (Å²) in [7, 11) is 0. The Morgan fingerprint density at radius 3 is 2.08 bits per heavy atom. The van der Waals surface area contributed by atoms with Gasteiger partial charge in [0.2, 0.25) is 5.91 Å². The lowest BCUT2D eigenvalue weighted by Crippen LogP contribution is -2.53. The Morgan fingerprint density at radius 1 is 1.00 bits per heavy atom. The standard InChI is InChI=1S/C21H41NO2/c1-8-9-10-11-12-13-14-21(7,19(2,3)4)20(5,6)24-17-15-18(23)22-16-17/h17H,8-16H2,1-7H3,(H,22,23)/t17-,21?/m1/s1. The maximum atomic E-state index is 11.5. The molecule has 3 nitrogen and oxygen atoms in total. The van der Waals surface area contributed by atoms with Crippen LogP contribution < -0.4 is 5.32 Å². The number of hydrogen-bond acceptors (Lipinski definition) is 2. The molecule has 1 aliphatic rings. The Morgan fingerprint density at radius 2 is 1.58 bits per heavy atom. The number of carbonyl (C=O) groups is 1. The van der Waals surface area contributed by atoms with E-state index in [0.29, 0.717) is 13.0 Å². The molecule has 2 atom stereocenters. The summed E-state index contributed by atoms with van der Waals surface area (Å²) in [6, 6.07) is 0. The van der Waals surface area contributed by atoms with Gasteiger partial charge < -0.3 is 10.1 Å². The smallest absolute Gasteiger partial charge is 0.222 e. The van der Waals surface area contributed by atoms with E-state index in [4.69, 9.17) is 4.74 Å². The number of rotatable bonds is 10. The van der Waals surface area contributed by atoms with Crippen molar-refractivity contribution in [2.24, 2.45) is 10.8 Å². The van der Waals surface area contributed by atoms with Gasteiger partial charge in [-0.05, 0) is 25.7 Å². The minimum absolute atomic E-state index is 0.0127. The van der Waals surface area contributed by atoms with Gasteiger partial charge in [0.15, 0.2) is 0 Å². The van der Waals surface area contributed by atoms with Gasteiger partial charge in [-0.3, -0.25) is 4.79 Å². The second-order valence-electron chi connectivity index (χ2n) is 9.36. The van der Waals surface area contributed by atoms with Crippen LogP contribution >= 0.6 is 0 Å². The molecule has 1 rings (SSSR count). The molecule has 0 aliphatic carbocycles. The van der Waals surface area contributed by atoms with Crippen molar-refractivity contribution in [2.75, 3.05) is 6.54 Å². The van der Waals surface area contributed by atoms with Crippen molar-refractivity contribution in [3.05, 3.63) is 0 Å². The molecule has 1 saturated heterocycles. The van der Waals surface area contributed by atoms with Crippen LogP contribution in [0.25, 0.3) is 0 Å². The quantitative estimate of drug-likeness (QED) is 0.536. The molecule has 0 saturated carbocycles. The van der Waals surface area contributed by atoms with Crippen molar-refractivity contribution < 1.29 is 9.53 Å². The zero-order valence-electron chi connectivity index (χ0n) is 17.3. The zero-order valence-corrected chi connectivity index (χ0v) is 17.3. The van der Waals surface area contributed by atoms with Gasteiger partial charge >= 0.3 is 0 Å². The fraction of sp³-hybridized carbons (Fsp3) is 0.952. The highest BCUT2D eigenvalue weighted by Gasteiger charge is 2.50. The molecular formula is C21H41NO2. The number of amides is 1. The lowest BCUT2D eigenvalue weighted by Gasteiger charge is -2.53. The normalized spacial score (nSPS) is 21.6. The van der Waals surface area contributed by atoms with E-state index >= 15 is 0 Å². The molecule has 0 radical (unpaired) electrons. The van der Waals surface area contributed by atoms with E-state index in [1.165, 1.54) is 44.9 Å². The first-order chi connectivity index (χ1) is 11.0. The Balaban J connectivity index is 2.69. The molecule has 1 aliphatic heterocycles. The van der Waals surface area contributed by atoms with Gasteiger partial charge in [-0.2, -0.15) is 0 Å². The van der Waals surface area contributed by atoms with E-state index in [0.717, 1.165) is 0 Å². The van der Waals surface area contributed by atoms with Crippen molar-refractivity contribution in [1.82, 2.24) is 5.32 Å². The number of ether oxygens (including phenoxy) is 1. The molecule has 0 bridgehead atoms. The predicted octanol–water partition coefficient (Wildman–Crippen LogP) is 5.47. The summed E-state index contributed by atoms with van der Waals surface area (Å²) in [5.74, 6) is 0.115. The van der Waals surface area contributed by atoms with Gasteiger partial charge in [-0.1, -0.05) is 73.1 Å². The third kappa shape index (κ3) is 5.47. The third-order valence-electron chi connectivity index (χ3n) is 6.42. The van der Waals surface area contributed by atoms with Crippen molar-refractivity contribution in [1.29, 1.82) is 0 Å². The minimum Gasteiger partial charge on any atom is -0.369 e. The largest absolute Gasteiger partial charge is 0.369 e. The topological polar surface area (TPSA) is 38.3 Å². The van der Waals surface area contributed by atoms with Crippen LogP contribution in [0.5, 0.6) is 0 Å². The average molecular weight is 340 g/mol. The van der Waals surface area contributed by atoms with Gasteiger partial charge in [-0.15, -0.1) is 0 Å². The summed E-state index contributed by atoms with van der Waals surface area (Å²) in [5, 5.41) is 2.89. The highest BCUT2D eigenvalue weighted by molar-refractivity contribution is 5.78. The van der Waals surface area contributed by atoms with Crippen LogP contribution in [-0.4, -0.2) is 24.2 Å². The second kappa shape index (κ2) is 8.69. The summed E-state index contributed by atoms with van der Waals surface area (Å²) in [4.78, 5) is 11.5. The predicted molar refractivity (Wildman–Crippen MR) is 102 cm³/mol. The number of hydrogen-bond donors (Lipinski definition) is 1. The summed E-state index contributed by atoms with van der Waals surface area (Å²) >= 11 is 0. The summed E-state index contributed by atoms with van der Waals surface area (Å²) in [6.45, 7) is 16.7. The van der Waals surface area contributed by atoms with Crippen molar-refractivity contribution in [2.45, 2.75) is 112 Å². The maximum absolute atomic E-state index is 11.5. The fourth-order valence-electron chi connectivity index (χ4n) is 4.05.